The fourth-order valence-corrected chi connectivity index (χ4v) is 6.30. The number of benzene rings is 2. The van der Waals surface area contributed by atoms with E-state index >= 15 is 0 Å². The smallest absolute Gasteiger partial charge is 0.264 e. The number of carbonyl (C=O) groups excluding carboxylic acids is 4. The molecule has 10 heteroatoms. The molecular weight excluding hydrogens is 510 g/mol. The molecule has 3 fully saturated rings. The van der Waals surface area contributed by atoms with Gasteiger partial charge < -0.3 is 10.1 Å². The number of amides is 4. The Morgan fingerprint density at radius 3 is 2.48 bits per heavy atom. The molecule has 0 radical (unpaired) electrons. The van der Waals surface area contributed by atoms with Crippen LogP contribution < -0.4 is 10.6 Å². The quantitative estimate of drug-likeness (QED) is 0.509. The van der Waals surface area contributed by atoms with E-state index in [4.69, 9.17) is 4.74 Å². The van der Waals surface area contributed by atoms with E-state index in [1.165, 1.54) is 5.56 Å². The van der Waals surface area contributed by atoms with Crippen molar-refractivity contribution in [3.63, 3.8) is 0 Å². The number of likely N-dealkylation sites (tertiary alicyclic amines) is 1. The van der Waals surface area contributed by atoms with E-state index in [0.717, 1.165) is 49.9 Å². The Kier molecular flexibility index (Phi) is 6.93. The summed E-state index contributed by atoms with van der Waals surface area (Å²) in [6.07, 6.45) is 0.226. The molecular formula is C30H35N5O5. The number of hydrogen-bond acceptors (Lipinski definition) is 8. The van der Waals surface area contributed by atoms with E-state index in [9.17, 15) is 19.2 Å². The monoisotopic (exact) mass is 545 g/mol. The summed E-state index contributed by atoms with van der Waals surface area (Å²) in [5.74, 6) is -2.02. The van der Waals surface area contributed by atoms with Crippen molar-refractivity contribution in [3.8, 4) is 0 Å². The molecule has 6 rings (SSSR count). The lowest BCUT2D eigenvalue weighted by molar-refractivity contribution is -0.136. The topological polar surface area (TPSA) is 111 Å². The molecule has 1 atom stereocenters. The Balaban J connectivity index is 1.05. The van der Waals surface area contributed by atoms with Gasteiger partial charge in [-0.15, -0.1) is 0 Å². The van der Waals surface area contributed by atoms with E-state index < -0.39 is 29.7 Å². The number of carbonyl (C=O) groups is 4. The van der Waals surface area contributed by atoms with Crippen LogP contribution in [0.2, 0.25) is 0 Å². The van der Waals surface area contributed by atoms with Gasteiger partial charge in [0.25, 0.3) is 11.8 Å². The van der Waals surface area contributed by atoms with E-state index in [2.05, 4.69) is 58.5 Å². The van der Waals surface area contributed by atoms with Crippen molar-refractivity contribution in [2.45, 2.75) is 57.4 Å². The maximum atomic E-state index is 13.3. The summed E-state index contributed by atoms with van der Waals surface area (Å²) in [6.45, 7) is 10.6. The summed E-state index contributed by atoms with van der Waals surface area (Å²) in [4.78, 5) is 56.3. The Labute approximate surface area is 233 Å². The van der Waals surface area contributed by atoms with Crippen LogP contribution >= 0.6 is 0 Å². The number of fused-ring (bicyclic) bond motifs is 1. The molecule has 4 heterocycles. The average molecular weight is 546 g/mol. The van der Waals surface area contributed by atoms with E-state index in [-0.39, 0.29) is 29.5 Å². The zero-order valence-electron chi connectivity index (χ0n) is 22.9. The van der Waals surface area contributed by atoms with Crippen molar-refractivity contribution >= 4 is 29.3 Å². The number of imide groups is 2. The van der Waals surface area contributed by atoms with Gasteiger partial charge in [0.1, 0.15) is 6.04 Å². The molecule has 0 saturated carbocycles. The summed E-state index contributed by atoms with van der Waals surface area (Å²) < 4.78 is 5.67. The Morgan fingerprint density at radius 2 is 1.75 bits per heavy atom. The molecule has 210 valence electrons. The van der Waals surface area contributed by atoms with Crippen LogP contribution in [-0.2, 0) is 27.4 Å². The normalized spacial score (nSPS) is 23.6. The van der Waals surface area contributed by atoms with Gasteiger partial charge in [0.05, 0.1) is 24.3 Å². The van der Waals surface area contributed by atoms with Gasteiger partial charge in [-0.25, -0.2) is 0 Å². The molecule has 0 aromatic heterocycles. The van der Waals surface area contributed by atoms with Gasteiger partial charge in [-0.2, -0.15) is 0 Å². The Morgan fingerprint density at radius 1 is 1.00 bits per heavy atom. The van der Waals surface area contributed by atoms with Crippen molar-refractivity contribution in [2.75, 3.05) is 38.2 Å². The van der Waals surface area contributed by atoms with Crippen LogP contribution in [0.5, 0.6) is 0 Å². The van der Waals surface area contributed by atoms with Crippen molar-refractivity contribution < 1.29 is 23.9 Å². The lowest BCUT2D eigenvalue weighted by Gasteiger charge is -2.53. The third kappa shape index (κ3) is 4.91. The van der Waals surface area contributed by atoms with Gasteiger partial charge >= 0.3 is 0 Å². The molecule has 40 heavy (non-hydrogen) atoms. The number of nitrogens with zero attached hydrogens (tertiary/aromatic N) is 3. The molecule has 2 N–H and O–H groups in total. The number of rotatable bonds is 7. The second-order valence-electron chi connectivity index (χ2n) is 11.8. The summed E-state index contributed by atoms with van der Waals surface area (Å²) in [7, 11) is 0. The molecule has 2 aromatic carbocycles. The molecule has 0 aliphatic carbocycles. The second-order valence-corrected chi connectivity index (χ2v) is 11.8. The number of ether oxygens (including phenoxy) is 1. The summed E-state index contributed by atoms with van der Waals surface area (Å²) in [5, 5.41) is 5.54. The van der Waals surface area contributed by atoms with Crippen molar-refractivity contribution in [2.24, 2.45) is 0 Å². The molecule has 3 saturated heterocycles. The Hall–Kier alpha value is -3.60. The van der Waals surface area contributed by atoms with Crippen molar-refractivity contribution in [3.05, 3.63) is 64.7 Å². The van der Waals surface area contributed by atoms with Crippen LogP contribution in [0.15, 0.2) is 42.5 Å². The van der Waals surface area contributed by atoms with Gasteiger partial charge in [0.15, 0.2) is 0 Å². The number of anilines is 1. The van der Waals surface area contributed by atoms with Crippen LogP contribution in [0.3, 0.4) is 0 Å². The molecule has 0 bridgehead atoms. The maximum absolute atomic E-state index is 13.3. The first-order valence-electron chi connectivity index (χ1n) is 13.9. The first-order chi connectivity index (χ1) is 19.2. The highest BCUT2D eigenvalue weighted by molar-refractivity contribution is 6.25. The molecule has 4 amide bonds. The zero-order valence-corrected chi connectivity index (χ0v) is 22.9. The molecule has 0 spiro atoms. The third-order valence-corrected chi connectivity index (χ3v) is 8.47. The minimum atomic E-state index is -0.979. The van der Waals surface area contributed by atoms with Crippen molar-refractivity contribution in [1.29, 1.82) is 0 Å². The van der Waals surface area contributed by atoms with Gasteiger partial charge in [-0.1, -0.05) is 30.3 Å². The van der Waals surface area contributed by atoms with E-state index in [1.807, 2.05) is 0 Å². The van der Waals surface area contributed by atoms with Crippen LogP contribution in [0.25, 0.3) is 0 Å². The molecule has 4 aliphatic heterocycles. The zero-order chi connectivity index (χ0) is 28.0. The highest BCUT2D eigenvalue weighted by Crippen LogP contribution is 2.33. The van der Waals surface area contributed by atoms with Crippen molar-refractivity contribution in [1.82, 2.24) is 20.0 Å². The first kappa shape index (κ1) is 26.6. The molecule has 2 aromatic rings. The Bertz CT molecular complexity index is 1350. The van der Waals surface area contributed by atoms with Gasteiger partial charge in [0.2, 0.25) is 11.8 Å². The fraction of sp³-hybridized carbons (Fsp3) is 0.467. The van der Waals surface area contributed by atoms with Crippen LogP contribution in [-0.4, -0.2) is 88.8 Å². The summed E-state index contributed by atoms with van der Waals surface area (Å²) in [5.41, 5.74) is 3.48. The molecule has 4 aliphatic rings. The fourth-order valence-electron chi connectivity index (χ4n) is 6.30. The summed E-state index contributed by atoms with van der Waals surface area (Å²) >= 11 is 0. The average Bonchev–Trinajstić information content (AvgIpc) is 3.16. The van der Waals surface area contributed by atoms with Crippen LogP contribution in [0, 0.1) is 0 Å². The largest absolute Gasteiger partial charge is 0.380 e. The second kappa shape index (κ2) is 10.4. The predicted octanol–water partition coefficient (Wildman–Crippen LogP) is 1.99. The first-order valence-corrected chi connectivity index (χ1v) is 13.9. The minimum absolute atomic E-state index is 0.0870. The summed E-state index contributed by atoms with van der Waals surface area (Å²) in [6, 6.07) is 13.1. The number of piperidine rings is 1. The lowest BCUT2D eigenvalue weighted by Crippen LogP contribution is -2.67. The van der Waals surface area contributed by atoms with Gasteiger partial charge in [0, 0.05) is 56.4 Å². The SMILES string of the molecule is CC1(C)COCCN1C1CN(Cc2ccc(CNc3cccc4c3C(=O)N(C3CCC(=O)NC3=O)C4=O)cc2)C1. The molecule has 10 nitrogen and oxygen atoms in total. The number of hydrogen-bond donors (Lipinski definition) is 2. The number of nitrogens with one attached hydrogen (secondary N) is 2. The van der Waals surface area contributed by atoms with Gasteiger partial charge in [-0.3, -0.25) is 39.2 Å². The van der Waals surface area contributed by atoms with Gasteiger partial charge in [-0.05, 0) is 43.5 Å². The van der Waals surface area contributed by atoms with Crippen LogP contribution in [0.1, 0.15) is 58.5 Å². The number of morpholine rings is 1. The highest BCUT2D eigenvalue weighted by Gasteiger charge is 2.45. The third-order valence-electron chi connectivity index (χ3n) is 8.47. The van der Waals surface area contributed by atoms with E-state index in [1.54, 1.807) is 18.2 Å². The minimum Gasteiger partial charge on any atom is -0.380 e. The predicted molar refractivity (Wildman–Crippen MR) is 148 cm³/mol. The molecule has 1 unspecified atom stereocenters. The maximum Gasteiger partial charge on any atom is 0.264 e. The highest BCUT2D eigenvalue weighted by atomic mass is 16.5. The standard InChI is InChI=1S/C30H35N5O5/c1-30(2)18-40-13-12-34(30)21-16-33(17-21)15-20-8-6-19(7-9-20)14-31-23-5-3-4-22-26(23)29(39)35(28(22)38)24-10-11-25(36)32-27(24)37/h3-9,21,24,31H,10-18H2,1-2H3,(H,32,36,37). The van der Waals surface area contributed by atoms with E-state index in [0.29, 0.717) is 18.3 Å². The van der Waals surface area contributed by atoms with Crippen LogP contribution in [0.4, 0.5) is 5.69 Å². The lowest BCUT2D eigenvalue weighted by atomic mass is 9.95.